The van der Waals surface area contributed by atoms with Crippen LogP contribution in [0.25, 0.3) is 11.1 Å². The Bertz CT molecular complexity index is 930. The molecule has 1 amide bonds. The molecule has 1 aliphatic rings. The summed E-state index contributed by atoms with van der Waals surface area (Å²) in [5.74, 6) is 1.01. The van der Waals surface area contributed by atoms with Crippen molar-refractivity contribution in [3.8, 4) is 16.9 Å². The maximum Gasteiger partial charge on any atom is 0.260 e. The minimum absolute atomic E-state index is 0.0193. The van der Waals surface area contributed by atoms with E-state index in [0.717, 1.165) is 31.5 Å². The molecule has 1 N–H and O–H groups in total. The number of amides is 1. The minimum Gasteiger partial charge on any atom is -0.482 e. The highest BCUT2D eigenvalue weighted by Gasteiger charge is 2.26. The number of nitrogens with one attached hydrogen (secondary N) is 1. The van der Waals surface area contributed by atoms with Gasteiger partial charge in [-0.3, -0.25) is 14.9 Å². The van der Waals surface area contributed by atoms with Crippen LogP contribution in [0.1, 0.15) is 30.0 Å². The minimum atomic E-state index is 0.0193. The highest BCUT2D eigenvalue weighted by Crippen LogP contribution is 2.34. The molecule has 4 rings (SSSR count). The van der Waals surface area contributed by atoms with Crippen molar-refractivity contribution in [3.63, 3.8) is 0 Å². The molecule has 0 aliphatic carbocycles. The molecule has 1 aliphatic heterocycles. The number of likely N-dealkylation sites (tertiary alicyclic amines) is 1. The number of nitrogens with zero attached hydrogens (tertiary/aromatic N) is 3. The third kappa shape index (κ3) is 4.06. The summed E-state index contributed by atoms with van der Waals surface area (Å²) in [6.07, 6.45) is 7.03. The molecule has 1 saturated heterocycles. The van der Waals surface area contributed by atoms with Crippen LogP contribution in [0.5, 0.6) is 5.75 Å². The van der Waals surface area contributed by atoms with Gasteiger partial charge in [-0.2, -0.15) is 5.10 Å². The Balaban J connectivity index is 1.36. The van der Waals surface area contributed by atoms with Crippen LogP contribution in [-0.4, -0.2) is 45.7 Å². The van der Waals surface area contributed by atoms with Crippen LogP contribution < -0.4 is 4.74 Å². The summed E-state index contributed by atoms with van der Waals surface area (Å²) in [5.41, 5.74) is 4.75. The monoisotopic (exact) mass is 376 g/mol. The fraction of sp³-hybridized carbons (Fsp3) is 0.318. The van der Waals surface area contributed by atoms with Crippen molar-refractivity contribution in [2.45, 2.75) is 25.7 Å². The lowest BCUT2D eigenvalue weighted by atomic mass is 9.89. The molecule has 3 aromatic rings. The Hall–Kier alpha value is -3.15. The molecule has 144 valence electrons. The number of hydrogen-bond donors (Lipinski definition) is 1. The molecular formula is C22H24N4O2. The standard InChI is InChI=1S/C22H24N4O2/c1-16-4-2-5-18(12-16)20-14-24-25-22(20)17-7-10-26(11-8-17)21(27)15-28-19-6-3-9-23-13-19/h2-6,9,12-14,17H,7-8,10-11,15H2,1H3,(H,24,25). The molecule has 0 unspecified atom stereocenters. The molecule has 2 aromatic heterocycles. The molecule has 0 saturated carbocycles. The first-order chi connectivity index (χ1) is 13.7. The lowest BCUT2D eigenvalue weighted by Gasteiger charge is -2.32. The van der Waals surface area contributed by atoms with E-state index in [2.05, 4.69) is 46.4 Å². The summed E-state index contributed by atoms with van der Waals surface area (Å²) < 4.78 is 5.54. The summed E-state index contributed by atoms with van der Waals surface area (Å²) >= 11 is 0. The van der Waals surface area contributed by atoms with Gasteiger partial charge in [0.05, 0.1) is 12.4 Å². The van der Waals surface area contributed by atoms with Gasteiger partial charge in [0.1, 0.15) is 5.75 Å². The average molecular weight is 376 g/mol. The number of carbonyl (C=O) groups excluding carboxylic acids is 1. The number of benzene rings is 1. The van der Waals surface area contributed by atoms with E-state index in [-0.39, 0.29) is 12.5 Å². The van der Waals surface area contributed by atoms with Gasteiger partial charge in [-0.15, -0.1) is 0 Å². The second kappa shape index (κ2) is 8.25. The topological polar surface area (TPSA) is 71.1 Å². The zero-order chi connectivity index (χ0) is 19.3. The van der Waals surface area contributed by atoms with E-state index in [0.29, 0.717) is 11.7 Å². The van der Waals surface area contributed by atoms with Gasteiger partial charge in [-0.1, -0.05) is 29.8 Å². The molecule has 1 aromatic carbocycles. The SMILES string of the molecule is Cc1cccc(-c2cn[nH]c2C2CCN(C(=O)COc3cccnc3)CC2)c1. The Morgan fingerprint density at radius 2 is 2.07 bits per heavy atom. The average Bonchev–Trinajstić information content (AvgIpc) is 3.23. The fourth-order valence-corrected chi connectivity index (χ4v) is 3.74. The first-order valence-corrected chi connectivity index (χ1v) is 9.61. The highest BCUT2D eigenvalue weighted by molar-refractivity contribution is 5.78. The Labute approximate surface area is 164 Å². The normalized spacial score (nSPS) is 14.8. The third-order valence-corrected chi connectivity index (χ3v) is 5.25. The van der Waals surface area contributed by atoms with E-state index in [1.807, 2.05) is 11.1 Å². The number of carbonyl (C=O) groups is 1. The third-order valence-electron chi connectivity index (χ3n) is 5.25. The number of ether oxygens (including phenoxy) is 1. The van der Waals surface area contributed by atoms with Gasteiger partial charge in [0, 0.05) is 36.5 Å². The summed E-state index contributed by atoms with van der Waals surface area (Å²) in [5, 5.41) is 7.49. The second-order valence-electron chi connectivity index (χ2n) is 7.20. The zero-order valence-electron chi connectivity index (χ0n) is 16.0. The number of aryl methyl sites for hydroxylation is 1. The summed E-state index contributed by atoms with van der Waals surface area (Å²) in [6, 6.07) is 12.1. The lowest BCUT2D eigenvalue weighted by Crippen LogP contribution is -2.40. The predicted octanol–water partition coefficient (Wildman–Crippen LogP) is 3.57. The number of rotatable bonds is 5. The van der Waals surface area contributed by atoms with Gasteiger partial charge in [-0.25, -0.2) is 0 Å². The van der Waals surface area contributed by atoms with Gasteiger partial charge in [-0.05, 0) is 37.5 Å². The van der Waals surface area contributed by atoms with Crippen LogP contribution >= 0.6 is 0 Å². The number of aromatic nitrogens is 3. The highest BCUT2D eigenvalue weighted by atomic mass is 16.5. The summed E-state index contributed by atoms with van der Waals surface area (Å²) in [6.45, 7) is 3.61. The van der Waals surface area contributed by atoms with Crippen LogP contribution in [0.3, 0.4) is 0 Å². The van der Waals surface area contributed by atoms with Crippen molar-refractivity contribution in [3.05, 3.63) is 66.2 Å². The van der Waals surface area contributed by atoms with Gasteiger partial charge in [0.2, 0.25) is 0 Å². The fourth-order valence-electron chi connectivity index (χ4n) is 3.74. The van der Waals surface area contributed by atoms with E-state index in [4.69, 9.17) is 4.74 Å². The molecule has 0 atom stereocenters. The molecule has 6 nitrogen and oxygen atoms in total. The van der Waals surface area contributed by atoms with Crippen molar-refractivity contribution in [1.82, 2.24) is 20.1 Å². The van der Waals surface area contributed by atoms with E-state index >= 15 is 0 Å². The molecule has 3 heterocycles. The van der Waals surface area contributed by atoms with Crippen molar-refractivity contribution in [1.29, 1.82) is 0 Å². The van der Waals surface area contributed by atoms with Crippen molar-refractivity contribution < 1.29 is 9.53 Å². The van der Waals surface area contributed by atoms with Crippen LogP contribution in [0.2, 0.25) is 0 Å². The first kappa shape index (κ1) is 18.2. The van der Waals surface area contributed by atoms with Crippen molar-refractivity contribution in [2.75, 3.05) is 19.7 Å². The largest absolute Gasteiger partial charge is 0.482 e. The van der Waals surface area contributed by atoms with Gasteiger partial charge in [0.15, 0.2) is 6.61 Å². The van der Waals surface area contributed by atoms with E-state index in [1.165, 1.54) is 16.8 Å². The predicted molar refractivity (Wildman–Crippen MR) is 107 cm³/mol. The zero-order valence-corrected chi connectivity index (χ0v) is 16.0. The van der Waals surface area contributed by atoms with Crippen molar-refractivity contribution in [2.24, 2.45) is 0 Å². The van der Waals surface area contributed by atoms with E-state index < -0.39 is 0 Å². The molecule has 6 heteroatoms. The van der Waals surface area contributed by atoms with Gasteiger partial charge in [0.25, 0.3) is 5.91 Å². The quantitative estimate of drug-likeness (QED) is 0.739. The van der Waals surface area contributed by atoms with E-state index in [1.54, 1.807) is 24.5 Å². The van der Waals surface area contributed by atoms with Gasteiger partial charge < -0.3 is 9.64 Å². The first-order valence-electron chi connectivity index (χ1n) is 9.61. The number of aromatic amines is 1. The van der Waals surface area contributed by atoms with E-state index in [9.17, 15) is 4.79 Å². The lowest BCUT2D eigenvalue weighted by molar-refractivity contribution is -0.134. The maximum absolute atomic E-state index is 12.5. The molecule has 28 heavy (non-hydrogen) atoms. The van der Waals surface area contributed by atoms with Crippen LogP contribution in [0, 0.1) is 6.92 Å². The summed E-state index contributed by atoms with van der Waals surface area (Å²) in [4.78, 5) is 18.3. The maximum atomic E-state index is 12.5. The Morgan fingerprint density at radius 1 is 1.21 bits per heavy atom. The number of hydrogen-bond acceptors (Lipinski definition) is 4. The second-order valence-corrected chi connectivity index (χ2v) is 7.20. The Kier molecular flexibility index (Phi) is 5.37. The van der Waals surface area contributed by atoms with Crippen molar-refractivity contribution >= 4 is 5.91 Å². The molecule has 0 radical (unpaired) electrons. The Morgan fingerprint density at radius 3 is 2.82 bits per heavy atom. The van der Waals surface area contributed by atoms with Crippen LogP contribution in [0.4, 0.5) is 0 Å². The number of piperidine rings is 1. The molecular weight excluding hydrogens is 352 g/mol. The van der Waals surface area contributed by atoms with Crippen LogP contribution in [0.15, 0.2) is 55.0 Å². The smallest absolute Gasteiger partial charge is 0.260 e. The molecule has 0 bridgehead atoms. The van der Waals surface area contributed by atoms with Gasteiger partial charge >= 0.3 is 0 Å². The summed E-state index contributed by atoms with van der Waals surface area (Å²) in [7, 11) is 0. The van der Waals surface area contributed by atoms with Crippen LogP contribution in [-0.2, 0) is 4.79 Å². The molecule has 0 spiro atoms. The number of H-pyrrole nitrogens is 1. The molecule has 1 fully saturated rings. The number of pyridine rings is 1.